The van der Waals surface area contributed by atoms with Crippen LogP contribution < -0.4 is 5.56 Å². The van der Waals surface area contributed by atoms with Crippen LogP contribution in [0, 0.1) is 31.0 Å². The molecule has 176 valence electrons. The van der Waals surface area contributed by atoms with Crippen molar-refractivity contribution in [2.75, 3.05) is 26.2 Å². The molecule has 1 aromatic carbocycles. The fraction of sp³-hybridized carbons (Fsp3) is 0.346. The van der Waals surface area contributed by atoms with Crippen LogP contribution in [0.4, 0.5) is 4.39 Å². The van der Waals surface area contributed by atoms with Crippen molar-refractivity contribution in [1.29, 1.82) is 5.26 Å². The number of nitriles is 1. The Morgan fingerprint density at radius 3 is 2.59 bits per heavy atom. The van der Waals surface area contributed by atoms with Crippen molar-refractivity contribution in [3.05, 3.63) is 79.8 Å². The van der Waals surface area contributed by atoms with E-state index in [9.17, 15) is 19.2 Å². The van der Waals surface area contributed by atoms with Crippen LogP contribution in [-0.2, 0) is 17.8 Å². The maximum Gasteiger partial charge on any atom is 0.266 e. The molecule has 2 aromatic heterocycles. The number of hydrogen-bond donors (Lipinski definition) is 1. The second-order valence-corrected chi connectivity index (χ2v) is 9.74. The van der Waals surface area contributed by atoms with E-state index in [1.54, 1.807) is 37.3 Å². The van der Waals surface area contributed by atoms with E-state index in [0.29, 0.717) is 42.8 Å². The van der Waals surface area contributed by atoms with E-state index in [4.69, 9.17) is 0 Å². The number of H-pyrrole nitrogens is 1. The number of hydrogen-bond acceptors (Lipinski definition) is 5. The third kappa shape index (κ3) is 5.11. The van der Waals surface area contributed by atoms with Gasteiger partial charge < -0.3 is 9.88 Å². The normalized spacial score (nSPS) is 14.2. The van der Waals surface area contributed by atoms with Crippen LogP contribution in [0.1, 0.15) is 33.7 Å². The number of nitrogens with zero attached hydrogens (tertiary/aromatic N) is 3. The van der Waals surface area contributed by atoms with E-state index in [2.05, 4.69) is 9.88 Å². The SMILES string of the molecule is Cc1[nH]c(=O)c(C#N)c(C)c1CCC(=O)N1CCN(Cc2ccc(-c3ccccc3F)s2)CC1. The first-order valence-corrected chi connectivity index (χ1v) is 12.1. The number of piperazine rings is 1. The Kier molecular flexibility index (Phi) is 7.25. The molecule has 0 unspecified atom stereocenters. The van der Waals surface area contributed by atoms with Crippen LogP contribution in [0.15, 0.2) is 41.2 Å². The molecule has 0 atom stereocenters. The van der Waals surface area contributed by atoms with Gasteiger partial charge in [-0.05, 0) is 49.6 Å². The maximum atomic E-state index is 14.1. The molecule has 0 saturated carbocycles. The number of nitrogens with one attached hydrogen (secondary N) is 1. The van der Waals surface area contributed by atoms with Crippen molar-refractivity contribution < 1.29 is 9.18 Å². The van der Waals surface area contributed by atoms with Gasteiger partial charge in [0.15, 0.2) is 0 Å². The van der Waals surface area contributed by atoms with E-state index >= 15 is 0 Å². The lowest BCUT2D eigenvalue weighted by Gasteiger charge is -2.34. The summed E-state index contributed by atoms with van der Waals surface area (Å²) in [7, 11) is 0. The molecule has 0 spiro atoms. The highest BCUT2D eigenvalue weighted by atomic mass is 32.1. The van der Waals surface area contributed by atoms with Gasteiger partial charge in [0.25, 0.3) is 5.56 Å². The first kappa shape index (κ1) is 23.9. The lowest BCUT2D eigenvalue weighted by Crippen LogP contribution is -2.48. The number of amides is 1. The predicted molar refractivity (Wildman–Crippen MR) is 131 cm³/mol. The number of aryl methyl sites for hydroxylation is 1. The zero-order valence-electron chi connectivity index (χ0n) is 19.4. The number of carbonyl (C=O) groups is 1. The summed E-state index contributed by atoms with van der Waals surface area (Å²) in [4.78, 5) is 33.7. The van der Waals surface area contributed by atoms with Gasteiger partial charge in [-0.25, -0.2) is 4.39 Å². The van der Waals surface area contributed by atoms with Gasteiger partial charge in [0.1, 0.15) is 17.4 Å². The molecule has 1 amide bonds. The van der Waals surface area contributed by atoms with E-state index < -0.39 is 0 Å². The molecule has 1 fully saturated rings. The minimum atomic E-state index is -0.379. The highest BCUT2D eigenvalue weighted by Gasteiger charge is 2.22. The van der Waals surface area contributed by atoms with E-state index in [1.807, 2.05) is 29.2 Å². The number of carbonyl (C=O) groups excluding carboxylic acids is 1. The molecule has 0 aliphatic carbocycles. The van der Waals surface area contributed by atoms with E-state index in [0.717, 1.165) is 30.1 Å². The molecule has 1 aliphatic rings. The Morgan fingerprint density at radius 1 is 1.15 bits per heavy atom. The number of pyridine rings is 1. The number of benzene rings is 1. The predicted octanol–water partition coefficient (Wildman–Crippen LogP) is 4.01. The summed E-state index contributed by atoms with van der Waals surface area (Å²) < 4.78 is 14.1. The Labute approximate surface area is 202 Å². The van der Waals surface area contributed by atoms with Gasteiger partial charge in [0.05, 0.1) is 0 Å². The zero-order chi connectivity index (χ0) is 24.2. The van der Waals surface area contributed by atoms with Crippen molar-refractivity contribution in [3.8, 4) is 16.5 Å². The first-order chi connectivity index (χ1) is 16.4. The minimum absolute atomic E-state index is 0.0844. The molecule has 0 bridgehead atoms. The lowest BCUT2D eigenvalue weighted by atomic mass is 9.99. The quantitative estimate of drug-likeness (QED) is 0.581. The van der Waals surface area contributed by atoms with Crippen molar-refractivity contribution in [3.63, 3.8) is 0 Å². The summed E-state index contributed by atoms with van der Waals surface area (Å²) in [5.74, 6) is -0.125. The molecule has 6 nitrogen and oxygen atoms in total. The summed E-state index contributed by atoms with van der Waals surface area (Å²) >= 11 is 1.60. The topological polar surface area (TPSA) is 80.2 Å². The molecule has 34 heavy (non-hydrogen) atoms. The first-order valence-electron chi connectivity index (χ1n) is 11.3. The molecule has 8 heteroatoms. The van der Waals surface area contributed by atoms with Crippen molar-refractivity contribution in [2.24, 2.45) is 0 Å². The second kappa shape index (κ2) is 10.3. The molecule has 1 N–H and O–H groups in total. The molecular formula is C26H27FN4O2S. The van der Waals surface area contributed by atoms with Crippen molar-refractivity contribution in [2.45, 2.75) is 33.2 Å². The third-order valence-electron chi connectivity index (χ3n) is 6.41. The van der Waals surface area contributed by atoms with Gasteiger partial charge in [0, 0.05) is 60.2 Å². The van der Waals surface area contributed by atoms with Crippen LogP contribution in [0.2, 0.25) is 0 Å². The molecule has 0 radical (unpaired) electrons. The molecule has 3 aromatic rings. The van der Waals surface area contributed by atoms with Gasteiger partial charge in [-0.1, -0.05) is 18.2 Å². The highest BCUT2D eigenvalue weighted by molar-refractivity contribution is 7.15. The average Bonchev–Trinajstić information content (AvgIpc) is 3.27. The summed E-state index contributed by atoms with van der Waals surface area (Å²) in [5.41, 5.74) is 2.61. The summed E-state index contributed by atoms with van der Waals surface area (Å²) in [6.45, 7) is 7.25. The summed E-state index contributed by atoms with van der Waals surface area (Å²) in [5, 5.41) is 9.23. The largest absolute Gasteiger partial charge is 0.340 e. The maximum absolute atomic E-state index is 14.1. The van der Waals surface area contributed by atoms with Gasteiger partial charge in [-0.3, -0.25) is 14.5 Å². The van der Waals surface area contributed by atoms with Crippen LogP contribution in [0.5, 0.6) is 0 Å². The zero-order valence-corrected chi connectivity index (χ0v) is 20.2. The highest BCUT2D eigenvalue weighted by Crippen LogP contribution is 2.30. The number of halogens is 1. The molecule has 1 saturated heterocycles. The lowest BCUT2D eigenvalue weighted by molar-refractivity contribution is -0.132. The van der Waals surface area contributed by atoms with Crippen molar-refractivity contribution in [1.82, 2.24) is 14.8 Å². The van der Waals surface area contributed by atoms with Crippen LogP contribution in [-0.4, -0.2) is 46.9 Å². The van der Waals surface area contributed by atoms with Gasteiger partial charge in [-0.15, -0.1) is 11.3 Å². The van der Waals surface area contributed by atoms with Crippen molar-refractivity contribution >= 4 is 17.2 Å². The number of rotatable bonds is 6. The van der Waals surface area contributed by atoms with E-state index in [-0.39, 0.29) is 22.8 Å². The smallest absolute Gasteiger partial charge is 0.266 e. The fourth-order valence-electron chi connectivity index (χ4n) is 4.45. The number of aromatic amines is 1. The number of thiophene rings is 1. The summed E-state index contributed by atoms with van der Waals surface area (Å²) in [6, 6.07) is 12.8. The van der Waals surface area contributed by atoms with Gasteiger partial charge in [0.2, 0.25) is 5.91 Å². The Balaban J connectivity index is 1.30. The Morgan fingerprint density at radius 2 is 1.88 bits per heavy atom. The standard InChI is InChI=1S/C26H27FN4O2S/c1-17-20(18(2)29-26(33)22(17)15-28)8-10-25(32)31-13-11-30(12-14-31)16-19-7-9-24(34-19)21-5-3-4-6-23(21)27/h3-7,9H,8,10-14,16H2,1-2H3,(H,29,33). The van der Waals surface area contributed by atoms with Crippen LogP contribution in [0.25, 0.3) is 10.4 Å². The molecule has 1 aliphatic heterocycles. The number of aromatic nitrogens is 1. The monoisotopic (exact) mass is 478 g/mol. The third-order valence-corrected chi connectivity index (χ3v) is 7.52. The Bertz CT molecular complexity index is 1300. The van der Waals surface area contributed by atoms with E-state index in [1.165, 1.54) is 10.9 Å². The summed E-state index contributed by atoms with van der Waals surface area (Å²) in [6.07, 6.45) is 0.839. The second-order valence-electron chi connectivity index (χ2n) is 8.57. The molecular weight excluding hydrogens is 451 g/mol. The minimum Gasteiger partial charge on any atom is -0.340 e. The fourth-order valence-corrected chi connectivity index (χ4v) is 5.53. The van der Waals surface area contributed by atoms with Gasteiger partial charge in [-0.2, -0.15) is 5.26 Å². The average molecular weight is 479 g/mol. The Hall–Kier alpha value is -3.28. The van der Waals surface area contributed by atoms with Crippen LogP contribution in [0.3, 0.4) is 0 Å². The molecule has 3 heterocycles. The van der Waals surface area contributed by atoms with Crippen LogP contribution >= 0.6 is 11.3 Å². The molecule has 4 rings (SSSR count). The van der Waals surface area contributed by atoms with Gasteiger partial charge >= 0.3 is 0 Å².